The van der Waals surface area contributed by atoms with Gasteiger partial charge in [0.05, 0.1) is 35.7 Å². The third kappa shape index (κ3) is 2.76. The lowest BCUT2D eigenvalue weighted by molar-refractivity contribution is -0.143. The summed E-state index contributed by atoms with van der Waals surface area (Å²) in [5, 5.41) is 7.77. The van der Waals surface area contributed by atoms with E-state index in [9.17, 15) is 14.4 Å². The van der Waals surface area contributed by atoms with Gasteiger partial charge >= 0.3 is 0 Å². The van der Waals surface area contributed by atoms with E-state index < -0.39 is 23.4 Å². The SMILES string of the molecule is COCCN1C(=O)[C@@H]2[C@H](Cc3c[nH]c4ccccc34)N[C@@]3(C(=O)Nc4c(Cl)cccc43)[C@@H]2C1=O. The van der Waals surface area contributed by atoms with Gasteiger partial charge in [-0.15, -0.1) is 0 Å². The van der Waals surface area contributed by atoms with E-state index >= 15 is 0 Å². The Kier molecular flexibility index (Phi) is 4.81. The minimum Gasteiger partial charge on any atom is -0.383 e. The number of anilines is 1. The number of benzene rings is 2. The summed E-state index contributed by atoms with van der Waals surface area (Å²) in [6.07, 6.45) is 2.41. The molecule has 2 aromatic carbocycles. The molecule has 0 bridgehead atoms. The fraction of sp³-hybridized carbons (Fsp3) is 0.320. The number of hydrogen-bond acceptors (Lipinski definition) is 5. The molecule has 2 saturated heterocycles. The molecule has 3 aromatic rings. The van der Waals surface area contributed by atoms with Gasteiger partial charge in [-0.1, -0.05) is 41.9 Å². The summed E-state index contributed by atoms with van der Waals surface area (Å²) < 4.78 is 5.13. The normalized spacial score (nSPS) is 27.6. The van der Waals surface area contributed by atoms with Gasteiger partial charge in [-0.2, -0.15) is 0 Å². The number of rotatable bonds is 5. The third-order valence-corrected chi connectivity index (χ3v) is 7.74. The number of methoxy groups -OCH3 is 1. The van der Waals surface area contributed by atoms with Crippen LogP contribution in [0.4, 0.5) is 5.69 Å². The number of nitrogens with zero attached hydrogens (tertiary/aromatic N) is 1. The number of likely N-dealkylation sites (tertiary alicyclic amines) is 1. The van der Waals surface area contributed by atoms with Gasteiger partial charge in [-0.3, -0.25) is 24.6 Å². The average molecular weight is 479 g/mol. The number of aromatic nitrogens is 1. The van der Waals surface area contributed by atoms with Crippen LogP contribution in [0, 0.1) is 11.8 Å². The van der Waals surface area contributed by atoms with Crippen LogP contribution in [0.5, 0.6) is 0 Å². The summed E-state index contributed by atoms with van der Waals surface area (Å²) in [4.78, 5) is 45.3. The Morgan fingerprint density at radius 3 is 2.74 bits per heavy atom. The van der Waals surface area contributed by atoms with E-state index in [1.165, 1.54) is 12.0 Å². The standard InChI is InChI=1S/C25H23ClN4O4/c1-34-10-9-30-22(31)19-18(11-13-12-27-17-8-3-2-5-14(13)17)29-25(20(19)23(30)32)15-6-4-7-16(26)21(15)28-24(25)33/h2-8,12,18-20,27,29H,9-11H2,1H3,(H,28,33)/t18-,19+,20-,25+/m0/s1. The van der Waals surface area contributed by atoms with Gasteiger partial charge in [-0.05, 0) is 24.1 Å². The molecule has 34 heavy (non-hydrogen) atoms. The van der Waals surface area contributed by atoms with Crippen LogP contribution < -0.4 is 10.6 Å². The van der Waals surface area contributed by atoms with Gasteiger partial charge in [0.2, 0.25) is 17.7 Å². The van der Waals surface area contributed by atoms with Crippen molar-refractivity contribution in [1.82, 2.24) is 15.2 Å². The maximum absolute atomic E-state index is 13.7. The minimum atomic E-state index is -1.36. The van der Waals surface area contributed by atoms with Gasteiger partial charge in [0.1, 0.15) is 5.54 Å². The molecule has 3 aliphatic rings. The molecule has 4 atom stereocenters. The molecule has 3 N–H and O–H groups in total. The summed E-state index contributed by atoms with van der Waals surface area (Å²) in [6, 6.07) is 12.8. The first kappa shape index (κ1) is 21.3. The van der Waals surface area contributed by atoms with E-state index in [1.54, 1.807) is 18.2 Å². The number of ether oxygens (including phenoxy) is 1. The molecule has 9 heteroatoms. The Labute approximate surface area is 200 Å². The molecule has 1 spiro atoms. The second kappa shape index (κ2) is 7.66. The largest absolute Gasteiger partial charge is 0.383 e. The molecule has 0 radical (unpaired) electrons. The van der Waals surface area contributed by atoms with Gasteiger partial charge in [0.15, 0.2) is 0 Å². The highest BCUT2D eigenvalue weighted by molar-refractivity contribution is 6.35. The van der Waals surface area contributed by atoms with E-state index in [1.807, 2.05) is 30.5 Å². The highest BCUT2D eigenvalue weighted by Crippen LogP contribution is 2.54. The summed E-state index contributed by atoms with van der Waals surface area (Å²) >= 11 is 6.39. The van der Waals surface area contributed by atoms with Crippen LogP contribution in [-0.4, -0.2) is 53.9 Å². The highest BCUT2D eigenvalue weighted by atomic mass is 35.5. The van der Waals surface area contributed by atoms with Crippen LogP contribution in [0.3, 0.4) is 0 Å². The summed E-state index contributed by atoms with van der Waals surface area (Å²) in [5.74, 6) is -2.55. The van der Waals surface area contributed by atoms with Gasteiger partial charge in [0, 0.05) is 35.8 Å². The van der Waals surface area contributed by atoms with Crippen molar-refractivity contribution in [3.05, 3.63) is 64.8 Å². The number of fused-ring (bicyclic) bond motifs is 5. The number of aromatic amines is 1. The molecular weight excluding hydrogens is 456 g/mol. The van der Waals surface area contributed by atoms with Crippen LogP contribution in [-0.2, 0) is 31.1 Å². The van der Waals surface area contributed by atoms with Gasteiger partial charge in [0.25, 0.3) is 0 Å². The second-order valence-electron chi connectivity index (χ2n) is 9.06. The number of para-hydroxylation sites is 2. The van der Waals surface area contributed by atoms with Crippen molar-refractivity contribution < 1.29 is 19.1 Å². The minimum absolute atomic E-state index is 0.154. The quantitative estimate of drug-likeness (QED) is 0.489. The van der Waals surface area contributed by atoms with Crippen LogP contribution in [0.2, 0.25) is 5.02 Å². The zero-order valence-electron chi connectivity index (χ0n) is 18.4. The number of imide groups is 1. The molecule has 3 amide bonds. The first-order valence-corrected chi connectivity index (χ1v) is 11.6. The summed E-state index contributed by atoms with van der Waals surface area (Å²) in [6.45, 7) is 0.389. The Hall–Kier alpha value is -3.20. The predicted octanol–water partition coefficient (Wildman–Crippen LogP) is 2.43. The number of hydrogen-bond donors (Lipinski definition) is 3. The number of nitrogens with one attached hydrogen (secondary N) is 3. The van der Waals surface area contributed by atoms with E-state index in [0.717, 1.165) is 16.5 Å². The van der Waals surface area contributed by atoms with Crippen molar-refractivity contribution in [3.8, 4) is 0 Å². The number of carbonyl (C=O) groups is 3. The van der Waals surface area contributed by atoms with E-state index in [4.69, 9.17) is 16.3 Å². The molecule has 0 saturated carbocycles. The molecule has 0 aliphatic carbocycles. The molecule has 4 heterocycles. The lowest BCUT2D eigenvalue weighted by Gasteiger charge is -2.29. The van der Waals surface area contributed by atoms with Crippen molar-refractivity contribution in [2.75, 3.05) is 25.6 Å². The summed E-state index contributed by atoms with van der Waals surface area (Å²) in [7, 11) is 1.53. The van der Waals surface area contributed by atoms with Crippen molar-refractivity contribution in [3.63, 3.8) is 0 Å². The second-order valence-corrected chi connectivity index (χ2v) is 9.47. The molecule has 0 unspecified atom stereocenters. The Balaban J connectivity index is 1.47. The van der Waals surface area contributed by atoms with Crippen molar-refractivity contribution >= 4 is 45.9 Å². The van der Waals surface area contributed by atoms with E-state index in [2.05, 4.69) is 15.6 Å². The van der Waals surface area contributed by atoms with E-state index in [0.29, 0.717) is 22.7 Å². The molecule has 174 valence electrons. The topological polar surface area (TPSA) is 104 Å². The van der Waals surface area contributed by atoms with Crippen LogP contribution in [0.1, 0.15) is 11.1 Å². The number of H-pyrrole nitrogens is 1. The van der Waals surface area contributed by atoms with Crippen LogP contribution in [0.25, 0.3) is 10.9 Å². The molecule has 2 fully saturated rings. The third-order valence-electron chi connectivity index (χ3n) is 7.42. The fourth-order valence-electron chi connectivity index (χ4n) is 5.97. The lowest BCUT2D eigenvalue weighted by atomic mass is 9.76. The van der Waals surface area contributed by atoms with Gasteiger partial charge < -0.3 is 15.0 Å². The first-order valence-electron chi connectivity index (χ1n) is 11.2. The van der Waals surface area contributed by atoms with E-state index in [-0.39, 0.29) is 30.9 Å². The average Bonchev–Trinajstić information content (AvgIpc) is 3.54. The fourth-order valence-corrected chi connectivity index (χ4v) is 6.19. The predicted molar refractivity (Wildman–Crippen MR) is 126 cm³/mol. The van der Waals surface area contributed by atoms with Gasteiger partial charge in [-0.25, -0.2) is 0 Å². The first-order chi connectivity index (χ1) is 16.5. The molecule has 8 nitrogen and oxygen atoms in total. The molecular formula is C25H23ClN4O4. The van der Waals surface area contributed by atoms with Crippen molar-refractivity contribution in [2.24, 2.45) is 11.8 Å². The molecule has 6 rings (SSSR count). The molecule has 3 aliphatic heterocycles. The number of carbonyl (C=O) groups excluding carboxylic acids is 3. The zero-order valence-corrected chi connectivity index (χ0v) is 19.2. The highest BCUT2D eigenvalue weighted by Gasteiger charge is 2.70. The lowest BCUT2D eigenvalue weighted by Crippen LogP contribution is -2.53. The maximum atomic E-state index is 13.7. The van der Waals surface area contributed by atoms with Crippen molar-refractivity contribution in [2.45, 2.75) is 18.0 Å². The van der Waals surface area contributed by atoms with Crippen LogP contribution in [0.15, 0.2) is 48.7 Å². The monoisotopic (exact) mass is 478 g/mol. The van der Waals surface area contributed by atoms with Crippen LogP contribution >= 0.6 is 11.6 Å². The Morgan fingerprint density at radius 1 is 1.09 bits per heavy atom. The summed E-state index contributed by atoms with van der Waals surface area (Å²) in [5.41, 5.74) is 1.74. The van der Waals surface area contributed by atoms with Crippen molar-refractivity contribution in [1.29, 1.82) is 0 Å². The Bertz CT molecular complexity index is 1350. The number of amides is 3. The number of halogens is 1. The maximum Gasteiger partial charge on any atom is 0.250 e. The Morgan fingerprint density at radius 2 is 1.91 bits per heavy atom. The zero-order chi connectivity index (χ0) is 23.6. The smallest absolute Gasteiger partial charge is 0.250 e. The molecule has 1 aromatic heterocycles.